The second kappa shape index (κ2) is 8.40. The summed E-state index contributed by atoms with van der Waals surface area (Å²) in [7, 11) is 0. The maximum absolute atomic E-state index is 13.5. The number of phenols is 4. The Morgan fingerprint density at radius 3 is 2.24 bits per heavy atom. The van der Waals surface area contributed by atoms with Crippen molar-refractivity contribution in [3.8, 4) is 23.0 Å². The third kappa shape index (κ3) is 3.49. The van der Waals surface area contributed by atoms with Crippen molar-refractivity contribution in [1.82, 2.24) is 0 Å². The minimum atomic E-state index is -1.24. The van der Waals surface area contributed by atoms with Gasteiger partial charge in [-0.1, -0.05) is 39.7 Å². The van der Waals surface area contributed by atoms with Crippen LogP contribution in [0, 0.1) is 0 Å². The smallest absolute Gasteiger partial charge is 0.339 e. The number of unbranched alkanes of at least 4 members (excludes halogenated alkanes) is 2. The van der Waals surface area contributed by atoms with Gasteiger partial charge in [0.25, 0.3) is 0 Å². The van der Waals surface area contributed by atoms with Crippen molar-refractivity contribution < 1.29 is 35.1 Å². The van der Waals surface area contributed by atoms with E-state index < -0.39 is 17.2 Å². The van der Waals surface area contributed by atoms with Gasteiger partial charge in [0.05, 0.1) is 11.1 Å². The van der Waals surface area contributed by atoms with Crippen molar-refractivity contribution in [2.45, 2.75) is 51.9 Å². The maximum atomic E-state index is 13.5. The molecule has 0 amide bonds. The molecule has 0 fully saturated rings. The third-order valence-electron chi connectivity index (χ3n) is 7.62. The molecule has 0 atom stereocenters. The van der Waals surface area contributed by atoms with Crippen LogP contribution in [0.25, 0.3) is 21.5 Å². The highest BCUT2D eigenvalue weighted by Gasteiger charge is 2.41. The van der Waals surface area contributed by atoms with Crippen LogP contribution in [0.2, 0.25) is 0 Å². The van der Waals surface area contributed by atoms with E-state index in [9.17, 15) is 35.1 Å². The predicted octanol–water partition coefficient (Wildman–Crippen LogP) is 6.12. The number of rotatable bonds is 5. The van der Waals surface area contributed by atoms with Gasteiger partial charge in [-0.15, -0.1) is 0 Å². The van der Waals surface area contributed by atoms with E-state index in [2.05, 4.69) is 6.92 Å². The Morgan fingerprint density at radius 1 is 0.865 bits per heavy atom. The number of carbonyl (C=O) groups is 2. The number of aryl methyl sites for hydroxylation is 1. The minimum absolute atomic E-state index is 0.0125. The number of phenolic OH excluding ortho intramolecular Hbond substituents is 3. The molecular formula is C30H28O7. The van der Waals surface area contributed by atoms with Crippen molar-refractivity contribution in [1.29, 1.82) is 0 Å². The van der Waals surface area contributed by atoms with Gasteiger partial charge >= 0.3 is 5.97 Å². The summed E-state index contributed by atoms with van der Waals surface area (Å²) in [4.78, 5) is 25.7. The fourth-order valence-corrected chi connectivity index (χ4v) is 5.73. The topological polar surface area (TPSA) is 135 Å². The van der Waals surface area contributed by atoms with E-state index in [0.29, 0.717) is 33.9 Å². The van der Waals surface area contributed by atoms with E-state index in [1.54, 1.807) is 38.1 Å². The molecule has 5 rings (SSSR count). The van der Waals surface area contributed by atoms with Crippen molar-refractivity contribution >= 4 is 33.3 Å². The van der Waals surface area contributed by atoms with Crippen molar-refractivity contribution in [2.75, 3.05) is 0 Å². The summed E-state index contributed by atoms with van der Waals surface area (Å²) in [6, 6.07) is 9.31. The van der Waals surface area contributed by atoms with Gasteiger partial charge in [-0.25, -0.2) is 4.79 Å². The number of fused-ring (bicyclic) bond motifs is 5. The SMILES string of the molecule is C[13C]1(C)[13c]2[13cH][13c](O)[13cH][13c](O)[13c]2[13C](=O)[13c]2[13c]1[13cH][13c]1[13c]([13cH][13cH][13c]3[13cH][13c]([13CH2][13CH2][13CH2][13CH2][13CH3])[13c]([13C](=O)O)[13c](O)[13c]31)[13c]2O. The van der Waals surface area contributed by atoms with Crippen LogP contribution in [0.5, 0.6) is 23.0 Å². The first-order valence-electron chi connectivity index (χ1n) is 12.3. The molecule has 7 heteroatoms. The number of hydrogen-bond donors (Lipinski definition) is 5. The number of aromatic hydroxyl groups is 4. The van der Waals surface area contributed by atoms with Crippen molar-refractivity contribution in [3.05, 3.63) is 69.8 Å². The highest BCUT2D eigenvalue weighted by atomic mass is 16.5. The average molecular weight is 528 g/mol. The first-order valence-corrected chi connectivity index (χ1v) is 12.3. The molecule has 0 aliphatic heterocycles. The molecule has 1 aliphatic carbocycles. The van der Waals surface area contributed by atoms with E-state index >= 15 is 0 Å². The first-order chi connectivity index (χ1) is 17.5. The lowest BCUT2D eigenvalue weighted by atomic mass is 10.5. The summed E-state index contributed by atoms with van der Waals surface area (Å²) in [5.41, 5.74) is 0.337. The molecule has 1 aliphatic rings. The summed E-state index contributed by atoms with van der Waals surface area (Å²) in [5.74, 6) is -3.08. The Bertz CT molecular complexity index is 1650. The van der Waals surface area contributed by atoms with Crippen molar-refractivity contribution in [2.24, 2.45) is 0 Å². The number of ketones is 1. The van der Waals surface area contributed by atoms with Gasteiger partial charge in [-0.05, 0) is 64.6 Å². The lowest BCUT2D eigenvalue weighted by molar-refractivity contribution is 0.0692. The molecule has 0 unspecified atom stereocenters. The zero-order valence-electron chi connectivity index (χ0n) is 20.8. The highest BCUT2D eigenvalue weighted by molar-refractivity contribution is 6.22. The Labute approximate surface area is 213 Å². The Balaban J connectivity index is 1.86. The van der Waals surface area contributed by atoms with Gasteiger partial charge in [0.1, 0.15) is 28.6 Å². The van der Waals surface area contributed by atoms with E-state index in [1.807, 2.05) is 0 Å². The molecule has 0 aromatic heterocycles. The quantitative estimate of drug-likeness (QED) is 0.120. The highest BCUT2D eigenvalue weighted by Crippen LogP contribution is 2.51. The van der Waals surface area contributed by atoms with Crippen LogP contribution in [-0.4, -0.2) is 37.3 Å². The van der Waals surface area contributed by atoms with Crippen LogP contribution >= 0.6 is 0 Å². The Hall–Kier alpha value is -4.26. The van der Waals surface area contributed by atoms with Gasteiger partial charge in [-0.2, -0.15) is 0 Å². The molecule has 0 radical (unpaired) electrons. The summed E-state index contributed by atoms with van der Waals surface area (Å²) < 4.78 is 0. The Morgan fingerprint density at radius 2 is 1.57 bits per heavy atom. The van der Waals surface area contributed by atoms with Crippen LogP contribution in [0.4, 0.5) is 0 Å². The molecule has 37 heavy (non-hydrogen) atoms. The summed E-state index contributed by atoms with van der Waals surface area (Å²) in [6.07, 6.45) is 3.21. The van der Waals surface area contributed by atoms with Gasteiger partial charge in [0, 0.05) is 22.3 Å². The lowest BCUT2D eigenvalue weighted by Gasteiger charge is -2.35. The van der Waals surface area contributed by atoms with E-state index in [4.69, 9.17) is 0 Å². The van der Waals surface area contributed by atoms with Crippen molar-refractivity contribution in [3.63, 3.8) is 0 Å². The van der Waals surface area contributed by atoms with Crippen LogP contribution in [0.1, 0.15) is 83.0 Å². The first kappa shape index (κ1) is 24.4. The molecule has 7 nitrogen and oxygen atoms in total. The fourth-order valence-electron chi connectivity index (χ4n) is 5.73. The maximum Gasteiger partial charge on any atom is 0.339 e. The number of carboxylic acids is 1. The summed E-state index contributed by atoms with van der Waals surface area (Å²) in [6.45, 7) is 5.67. The zero-order chi connectivity index (χ0) is 26.8. The number of benzene rings is 4. The largest absolute Gasteiger partial charge is 0.508 e. The summed E-state index contributed by atoms with van der Waals surface area (Å²) >= 11 is 0. The zero-order valence-corrected chi connectivity index (χ0v) is 20.8. The molecule has 5 N–H and O–H groups in total. The third-order valence-corrected chi connectivity index (χ3v) is 7.62. The van der Waals surface area contributed by atoms with Crippen LogP contribution in [0.15, 0.2) is 36.4 Å². The number of carboxylic acid groups (broad SMARTS) is 1. The monoisotopic (exact) mass is 528 g/mol. The average Bonchev–Trinajstić information content (AvgIpc) is 2.81. The van der Waals surface area contributed by atoms with Crippen LogP contribution < -0.4 is 0 Å². The van der Waals surface area contributed by atoms with E-state index in [-0.39, 0.29) is 50.5 Å². The molecule has 0 saturated heterocycles. The molecule has 0 bridgehead atoms. The van der Waals surface area contributed by atoms with Gasteiger partial charge in [0.2, 0.25) is 5.78 Å². The number of hydrogen-bond acceptors (Lipinski definition) is 6. The predicted molar refractivity (Wildman–Crippen MR) is 140 cm³/mol. The van der Waals surface area contributed by atoms with Gasteiger partial charge in [0.15, 0.2) is 0 Å². The molecule has 190 valence electrons. The number of aromatic carboxylic acids is 1. The van der Waals surface area contributed by atoms with E-state index in [1.165, 1.54) is 6.07 Å². The van der Waals surface area contributed by atoms with Crippen LogP contribution in [0.3, 0.4) is 0 Å². The minimum Gasteiger partial charge on any atom is -0.508 e. The van der Waals surface area contributed by atoms with Crippen LogP contribution in [-0.2, 0) is 11.8 Å². The number of carbonyl (C=O) groups excluding carboxylic acids is 1. The molecule has 0 spiro atoms. The Kier molecular flexibility index (Phi) is 5.55. The normalized spacial score (nSPS) is 14.1. The molecule has 0 heterocycles. The van der Waals surface area contributed by atoms with Gasteiger partial charge < -0.3 is 25.5 Å². The molecule has 4 aromatic rings. The fraction of sp³-hybridized carbons (Fsp3) is 0.267. The molecule has 0 saturated carbocycles. The second-order valence-electron chi connectivity index (χ2n) is 10.3. The second-order valence-corrected chi connectivity index (χ2v) is 10.3. The van der Waals surface area contributed by atoms with E-state index in [0.717, 1.165) is 25.3 Å². The molecule has 4 aromatic carbocycles. The lowest BCUT2D eigenvalue weighted by Crippen LogP contribution is -2.30. The molecular weight excluding hydrogens is 500 g/mol. The summed E-state index contributed by atoms with van der Waals surface area (Å²) in [5, 5.41) is 54.8. The van der Waals surface area contributed by atoms with Gasteiger partial charge in [-0.3, -0.25) is 4.79 Å². The standard InChI is InChI=1S/C30H28O7/c1-4-5-6-7-14-10-15-8-9-17-18(22(15)27(34)23(14)29(36)37)13-20-25(26(17)33)28(35)24-19(30(20,2)3)11-16(31)12-21(24)32/h8-13,31-34H,4-7H2,1-3H3,(H,36,37)/i1+1,4+1,5+1,6+1,7+1,8+1,9+1,10+1,11+1,12+1,13+1,14+1,15+1,16+1,17+1,18+1,19+1,20+1,21+1,22+1,23+1,24+1,25+1,26+1,27+1,28+1,29+1,30+1.